The predicted molar refractivity (Wildman–Crippen MR) is 87.8 cm³/mol. The van der Waals surface area contributed by atoms with Crippen molar-refractivity contribution in [1.82, 2.24) is 4.98 Å². The highest BCUT2D eigenvalue weighted by Gasteiger charge is 2.10. The molecule has 0 spiro atoms. The van der Waals surface area contributed by atoms with Gasteiger partial charge < -0.3 is 4.74 Å². The summed E-state index contributed by atoms with van der Waals surface area (Å²) in [6.07, 6.45) is 0. The third-order valence-corrected chi connectivity index (χ3v) is 3.79. The third kappa shape index (κ3) is 3.08. The molecule has 21 heavy (non-hydrogen) atoms. The lowest BCUT2D eigenvalue weighted by Gasteiger charge is -2.11. The molecule has 3 rings (SSSR count). The summed E-state index contributed by atoms with van der Waals surface area (Å²) in [7, 11) is 0. The number of alkyl halides is 1. The normalized spacial score (nSPS) is 10.8. The van der Waals surface area contributed by atoms with Crippen LogP contribution in [0.25, 0.3) is 10.9 Å². The first-order valence-electron chi connectivity index (χ1n) is 6.25. The van der Waals surface area contributed by atoms with Crippen LogP contribution in [0.1, 0.15) is 5.69 Å². The van der Waals surface area contributed by atoms with E-state index in [1.807, 2.05) is 30.3 Å². The molecule has 0 amide bonds. The van der Waals surface area contributed by atoms with E-state index < -0.39 is 0 Å². The molecule has 3 aromatic rings. The number of rotatable bonds is 3. The van der Waals surface area contributed by atoms with Crippen molar-refractivity contribution in [1.29, 1.82) is 0 Å². The molecule has 0 aliphatic carbocycles. The molecule has 0 atom stereocenters. The van der Waals surface area contributed by atoms with Crippen LogP contribution in [-0.2, 0) is 5.88 Å². The van der Waals surface area contributed by atoms with Gasteiger partial charge in [0.1, 0.15) is 11.5 Å². The average molecular weight is 339 g/mol. The van der Waals surface area contributed by atoms with E-state index >= 15 is 0 Å². The van der Waals surface area contributed by atoms with Crippen molar-refractivity contribution in [2.24, 2.45) is 0 Å². The van der Waals surface area contributed by atoms with Gasteiger partial charge in [0, 0.05) is 16.5 Å². The van der Waals surface area contributed by atoms with Crippen LogP contribution in [0.15, 0.2) is 48.5 Å². The maximum absolute atomic E-state index is 6.15. The topological polar surface area (TPSA) is 22.1 Å². The Morgan fingerprint density at radius 3 is 2.52 bits per heavy atom. The van der Waals surface area contributed by atoms with Crippen molar-refractivity contribution in [3.63, 3.8) is 0 Å². The second-order valence-corrected chi connectivity index (χ2v) is 5.55. The summed E-state index contributed by atoms with van der Waals surface area (Å²) >= 11 is 17.9. The van der Waals surface area contributed by atoms with E-state index in [4.69, 9.17) is 39.5 Å². The molecule has 106 valence electrons. The summed E-state index contributed by atoms with van der Waals surface area (Å²) in [5.74, 6) is 1.52. The molecular formula is C16H10Cl3NO. The fourth-order valence-corrected chi connectivity index (χ4v) is 2.61. The zero-order valence-corrected chi connectivity index (χ0v) is 13.1. The molecule has 0 saturated heterocycles. The van der Waals surface area contributed by atoms with Crippen molar-refractivity contribution in [3.8, 4) is 11.5 Å². The Morgan fingerprint density at radius 2 is 1.76 bits per heavy atom. The van der Waals surface area contributed by atoms with Gasteiger partial charge in [-0.25, -0.2) is 0 Å². The largest absolute Gasteiger partial charge is 0.455 e. The zero-order valence-electron chi connectivity index (χ0n) is 10.8. The summed E-state index contributed by atoms with van der Waals surface area (Å²) < 4.78 is 5.93. The summed E-state index contributed by atoms with van der Waals surface area (Å²) in [6.45, 7) is 0. The van der Waals surface area contributed by atoms with Crippen LogP contribution in [0.2, 0.25) is 10.0 Å². The molecule has 0 radical (unpaired) electrons. The molecule has 2 aromatic carbocycles. The molecule has 1 heterocycles. The fourth-order valence-electron chi connectivity index (χ4n) is 2.02. The summed E-state index contributed by atoms with van der Waals surface area (Å²) in [6, 6.07) is 14.6. The van der Waals surface area contributed by atoms with Crippen LogP contribution in [0, 0.1) is 0 Å². The summed E-state index contributed by atoms with van der Waals surface area (Å²) in [4.78, 5) is 4.47. The van der Waals surface area contributed by atoms with E-state index in [9.17, 15) is 0 Å². The number of halogens is 3. The second-order valence-electron chi connectivity index (χ2n) is 4.44. The standard InChI is InChI=1S/C16H10Cl3NO/c17-9-11-8-16(12-3-1-2-4-14(12)20-11)21-15-6-5-10(18)7-13(15)19/h1-8H,9H2. The third-order valence-electron chi connectivity index (χ3n) is 2.98. The van der Waals surface area contributed by atoms with Crippen LogP contribution >= 0.6 is 34.8 Å². The first-order valence-corrected chi connectivity index (χ1v) is 7.54. The lowest BCUT2D eigenvalue weighted by molar-refractivity contribution is 0.487. The van der Waals surface area contributed by atoms with E-state index in [-0.39, 0.29) is 0 Å². The van der Waals surface area contributed by atoms with Crippen LogP contribution in [-0.4, -0.2) is 4.98 Å². The highest BCUT2D eigenvalue weighted by molar-refractivity contribution is 6.35. The van der Waals surface area contributed by atoms with Crippen LogP contribution < -0.4 is 4.74 Å². The van der Waals surface area contributed by atoms with Gasteiger partial charge in [0.05, 0.1) is 22.1 Å². The first kappa shape index (κ1) is 14.5. The molecule has 0 fully saturated rings. The molecule has 0 bridgehead atoms. The van der Waals surface area contributed by atoms with Gasteiger partial charge in [-0.15, -0.1) is 11.6 Å². The van der Waals surface area contributed by atoms with Gasteiger partial charge in [0.15, 0.2) is 0 Å². The second kappa shape index (κ2) is 6.10. The SMILES string of the molecule is ClCc1cc(Oc2ccc(Cl)cc2Cl)c2ccccc2n1. The van der Waals surface area contributed by atoms with Gasteiger partial charge in [-0.1, -0.05) is 35.3 Å². The smallest absolute Gasteiger partial charge is 0.146 e. The molecule has 0 unspecified atom stereocenters. The average Bonchev–Trinajstić information content (AvgIpc) is 2.49. The van der Waals surface area contributed by atoms with Crippen molar-refractivity contribution < 1.29 is 4.74 Å². The Bertz CT molecular complexity index is 805. The maximum atomic E-state index is 6.15. The molecule has 0 N–H and O–H groups in total. The fraction of sp³-hybridized carbons (Fsp3) is 0.0625. The van der Waals surface area contributed by atoms with Crippen molar-refractivity contribution in [2.45, 2.75) is 5.88 Å². The number of hydrogen-bond acceptors (Lipinski definition) is 2. The van der Waals surface area contributed by atoms with Gasteiger partial charge >= 0.3 is 0 Å². The minimum Gasteiger partial charge on any atom is -0.455 e. The number of benzene rings is 2. The van der Waals surface area contributed by atoms with E-state index in [0.717, 1.165) is 16.6 Å². The Hall–Kier alpha value is -1.48. The van der Waals surface area contributed by atoms with Crippen molar-refractivity contribution in [3.05, 3.63) is 64.3 Å². The molecular weight excluding hydrogens is 329 g/mol. The lowest BCUT2D eigenvalue weighted by Crippen LogP contribution is -1.92. The number of nitrogens with zero attached hydrogens (tertiary/aromatic N) is 1. The predicted octanol–water partition coefficient (Wildman–Crippen LogP) is 6.07. The van der Waals surface area contributed by atoms with Gasteiger partial charge in [-0.05, 0) is 30.3 Å². The molecule has 5 heteroatoms. The quantitative estimate of drug-likeness (QED) is 0.540. The highest BCUT2D eigenvalue weighted by atomic mass is 35.5. The van der Waals surface area contributed by atoms with E-state index in [1.54, 1.807) is 18.2 Å². The number of pyridine rings is 1. The van der Waals surface area contributed by atoms with Gasteiger partial charge in [0.25, 0.3) is 0 Å². The highest BCUT2D eigenvalue weighted by Crippen LogP contribution is 2.35. The number of hydrogen-bond donors (Lipinski definition) is 0. The minimum absolute atomic E-state index is 0.315. The summed E-state index contributed by atoms with van der Waals surface area (Å²) in [5.41, 5.74) is 1.58. The monoisotopic (exact) mass is 337 g/mol. The van der Waals surface area contributed by atoms with E-state index in [2.05, 4.69) is 4.98 Å². The number of aromatic nitrogens is 1. The van der Waals surface area contributed by atoms with Crippen molar-refractivity contribution >= 4 is 45.7 Å². The van der Waals surface area contributed by atoms with E-state index in [1.165, 1.54) is 0 Å². The molecule has 1 aromatic heterocycles. The number of fused-ring (bicyclic) bond motifs is 1. The Balaban J connectivity index is 2.10. The van der Waals surface area contributed by atoms with Gasteiger partial charge in [-0.3, -0.25) is 4.98 Å². The Labute approximate surface area is 137 Å². The minimum atomic E-state index is 0.315. The summed E-state index contributed by atoms with van der Waals surface area (Å²) in [5, 5.41) is 1.92. The molecule has 0 aliphatic heterocycles. The Kier molecular flexibility index (Phi) is 4.20. The lowest BCUT2D eigenvalue weighted by atomic mass is 10.2. The van der Waals surface area contributed by atoms with Crippen molar-refractivity contribution in [2.75, 3.05) is 0 Å². The van der Waals surface area contributed by atoms with E-state index in [0.29, 0.717) is 27.4 Å². The maximum Gasteiger partial charge on any atom is 0.146 e. The van der Waals surface area contributed by atoms with Gasteiger partial charge in [0.2, 0.25) is 0 Å². The van der Waals surface area contributed by atoms with Crippen LogP contribution in [0.3, 0.4) is 0 Å². The number of ether oxygens (including phenoxy) is 1. The van der Waals surface area contributed by atoms with Gasteiger partial charge in [-0.2, -0.15) is 0 Å². The van der Waals surface area contributed by atoms with Crippen LogP contribution in [0.5, 0.6) is 11.5 Å². The first-order chi connectivity index (χ1) is 10.2. The van der Waals surface area contributed by atoms with Crippen LogP contribution in [0.4, 0.5) is 0 Å². The Morgan fingerprint density at radius 1 is 0.952 bits per heavy atom. The number of para-hydroxylation sites is 1. The molecule has 2 nitrogen and oxygen atoms in total. The molecule has 0 saturated carbocycles. The zero-order chi connectivity index (χ0) is 14.8. The molecule has 0 aliphatic rings.